The van der Waals surface area contributed by atoms with E-state index in [0.717, 1.165) is 46.6 Å². The molecule has 2 heterocycles. The third kappa shape index (κ3) is 3.51. The van der Waals surface area contributed by atoms with Crippen molar-refractivity contribution in [3.05, 3.63) is 53.6 Å². The number of nitrogens with one attached hydrogen (secondary N) is 1. The van der Waals surface area contributed by atoms with Gasteiger partial charge in [-0.05, 0) is 42.7 Å². The molecular formula is C22H20FN5OS. The molecule has 0 aliphatic heterocycles. The van der Waals surface area contributed by atoms with Crippen LogP contribution in [0.15, 0.2) is 36.7 Å². The maximum atomic E-state index is 14.5. The Bertz CT molecular complexity index is 1270. The summed E-state index contributed by atoms with van der Waals surface area (Å²) in [5, 5.41) is 23.4. The number of fused-ring (bicyclic) bond motifs is 2. The van der Waals surface area contributed by atoms with Gasteiger partial charge < -0.3 is 15.0 Å². The summed E-state index contributed by atoms with van der Waals surface area (Å²) in [5.41, 5.74) is 3.05. The lowest BCUT2D eigenvalue weighted by molar-refractivity contribution is 0.116. The monoisotopic (exact) mass is 421 g/mol. The van der Waals surface area contributed by atoms with Crippen LogP contribution in [0.1, 0.15) is 36.8 Å². The van der Waals surface area contributed by atoms with Crippen LogP contribution in [0.4, 0.5) is 9.52 Å². The Kier molecular flexibility index (Phi) is 4.85. The Balaban J connectivity index is 1.40. The van der Waals surface area contributed by atoms with Gasteiger partial charge in [0.15, 0.2) is 5.13 Å². The van der Waals surface area contributed by atoms with Gasteiger partial charge in [-0.15, -0.1) is 0 Å². The maximum Gasteiger partial charge on any atom is 0.184 e. The van der Waals surface area contributed by atoms with E-state index in [-0.39, 0.29) is 17.7 Å². The van der Waals surface area contributed by atoms with E-state index < -0.39 is 5.82 Å². The van der Waals surface area contributed by atoms with E-state index in [0.29, 0.717) is 17.6 Å². The zero-order valence-electron chi connectivity index (χ0n) is 16.2. The second-order valence-electron chi connectivity index (χ2n) is 7.73. The van der Waals surface area contributed by atoms with Crippen LogP contribution in [0, 0.1) is 17.1 Å². The van der Waals surface area contributed by atoms with E-state index in [1.807, 2.05) is 18.2 Å². The second-order valence-corrected chi connectivity index (χ2v) is 8.76. The minimum atomic E-state index is -0.446. The molecule has 0 saturated heterocycles. The molecule has 2 aromatic carbocycles. The summed E-state index contributed by atoms with van der Waals surface area (Å²) in [6, 6.07) is 10.9. The average Bonchev–Trinajstić information content (AvgIpc) is 3.33. The Morgan fingerprint density at radius 2 is 2.10 bits per heavy atom. The van der Waals surface area contributed by atoms with Gasteiger partial charge in [-0.3, -0.25) is 0 Å². The minimum absolute atomic E-state index is 0.0531. The number of hydrogen-bond donors (Lipinski definition) is 2. The Morgan fingerprint density at radius 1 is 1.23 bits per heavy atom. The maximum absolute atomic E-state index is 14.5. The second kappa shape index (κ2) is 7.67. The molecule has 4 aromatic rings. The standard InChI is InChI=1S/C22H20FN5OS/c23-15-7-14(10-24)8-18-21(15)28(12-25-18)11-13-5-6-17-20(9-13)30-22(27-17)26-16-3-1-2-4-19(16)29/h5-9,12,16,19,29H,1-4,11H2,(H,26,27). The third-order valence-corrected chi connectivity index (χ3v) is 6.59. The first-order valence-corrected chi connectivity index (χ1v) is 10.8. The molecule has 0 bridgehead atoms. The lowest BCUT2D eigenvalue weighted by Gasteiger charge is -2.27. The van der Waals surface area contributed by atoms with Crippen LogP contribution in [0.25, 0.3) is 21.3 Å². The fraction of sp³-hybridized carbons (Fsp3) is 0.318. The fourth-order valence-corrected chi connectivity index (χ4v) is 5.10. The summed E-state index contributed by atoms with van der Waals surface area (Å²) in [6.45, 7) is 0.470. The highest BCUT2D eigenvalue weighted by Gasteiger charge is 2.23. The van der Waals surface area contributed by atoms with Gasteiger partial charge in [-0.1, -0.05) is 30.2 Å². The molecule has 152 valence electrons. The van der Waals surface area contributed by atoms with E-state index in [1.54, 1.807) is 28.3 Å². The van der Waals surface area contributed by atoms with Gasteiger partial charge in [0.1, 0.15) is 11.3 Å². The van der Waals surface area contributed by atoms with Gasteiger partial charge in [0, 0.05) is 6.54 Å². The highest BCUT2D eigenvalue weighted by molar-refractivity contribution is 7.22. The van der Waals surface area contributed by atoms with E-state index in [1.165, 1.54) is 6.07 Å². The largest absolute Gasteiger partial charge is 0.391 e. The molecule has 1 aliphatic rings. The van der Waals surface area contributed by atoms with Crippen molar-refractivity contribution < 1.29 is 9.50 Å². The number of imidazole rings is 1. The van der Waals surface area contributed by atoms with Gasteiger partial charge >= 0.3 is 0 Å². The summed E-state index contributed by atoms with van der Waals surface area (Å²) < 4.78 is 17.3. The van der Waals surface area contributed by atoms with Crippen molar-refractivity contribution in [3.8, 4) is 6.07 Å². The molecule has 2 N–H and O–H groups in total. The highest BCUT2D eigenvalue weighted by Crippen LogP contribution is 2.30. The number of aliphatic hydroxyl groups excluding tert-OH is 1. The molecule has 2 atom stereocenters. The van der Waals surface area contributed by atoms with Crippen LogP contribution in [0.3, 0.4) is 0 Å². The van der Waals surface area contributed by atoms with Gasteiger partial charge in [-0.2, -0.15) is 5.26 Å². The van der Waals surface area contributed by atoms with Gasteiger partial charge in [0.25, 0.3) is 0 Å². The Morgan fingerprint density at radius 3 is 2.93 bits per heavy atom. The zero-order valence-corrected chi connectivity index (χ0v) is 17.0. The number of halogens is 1. The van der Waals surface area contributed by atoms with Crippen molar-refractivity contribution in [1.29, 1.82) is 5.26 Å². The highest BCUT2D eigenvalue weighted by atomic mass is 32.1. The topological polar surface area (TPSA) is 86.8 Å². The number of anilines is 1. The van der Waals surface area contributed by atoms with E-state index in [9.17, 15) is 9.50 Å². The zero-order chi connectivity index (χ0) is 20.7. The molecule has 5 rings (SSSR count). The fourth-order valence-electron chi connectivity index (χ4n) is 4.11. The van der Waals surface area contributed by atoms with Crippen molar-refractivity contribution >= 4 is 37.7 Å². The van der Waals surface area contributed by atoms with Crippen molar-refractivity contribution in [2.45, 2.75) is 44.4 Å². The lowest BCUT2D eigenvalue weighted by Crippen LogP contribution is -2.36. The molecule has 0 spiro atoms. The first kappa shape index (κ1) is 19.0. The Hall–Kier alpha value is -3.02. The number of thiazole rings is 1. The number of aromatic nitrogens is 3. The minimum Gasteiger partial charge on any atom is -0.391 e. The average molecular weight is 422 g/mol. The number of nitrogens with zero attached hydrogens (tertiary/aromatic N) is 4. The molecule has 1 aliphatic carbocycles. The summed E-state index contributed by atoms with van der Waals surface area (Å²) in [7, 11) is 0. The molecule has 30 heavy (non-hydrogen) atoms. The number of rotatable bonds is 4. The molecule has 0 radical (unpaired) electrons. The number of benzene rings is 2. The smallest absolute Gasteiger partial charge is 0.184 e. The van der Waals surface area contributed by atoms with Crippen molar-refractivity contribution in [2.24, 2.45) is 0 Å². The van der Waals surface area contributed by atoms with Crippen LogP contribution in [0.2, 0.25) is 0 Å². The van der Waals surface area contributed by atoms with Crippen LogP contribution >= 0.6 is 11.3 Å². The predicted molar refractivity (Wildman–Crippen MR) is 115 cm³/mol. The third-order valence-electron chi connectivity index (χ3n) is 5.64. The van der Waals surface area contributed by atoms with Crippen molar-refractivity contribution in [1.82, 2.24) is 14.5 Å². The molecule has 1 fully saturated rings. The van der Waals surface area contributed by atoms with Crippen molar-refractivity contribution in [2.75, 3.05) is 5.32 Å². The summed E-state index contributed by atoms with van der Waals surface area (Å²) in [4.78, 5) is 8.90. The Labute approximate surface area is 176 Å². The molecular weight excluding hydrogens is 401 g/mol. The SMILES string of the molecule is N#Cc1cc(F)c2c(c1)ncn2Cc1ccc2nc(NC3CCCCC3O)sc2c1. The number of nitriles is 1. The molecule has 1 saturated carbocycles. The summed E-state index contributed by atoms with van der Waals surface area (Å²) >= 11 is 1.56. The molecule has 8 heteroatoms. The lowest BCUT2D eigenvalue weighted by atomic mass is 9.93. The summed E-state index contributed by atoms with van der Waals surface area (Å²) in [5.74, 6) is -0.446. The van der Waals surface area contributed by atoms with E-state index in [4.69, 9.17) is 5.26 Å². The van der Waals surface area contributed by atoms with Crippen molar-refractivity contribution in [3.63, 3.8) is 0 Å². The number of hydrogen-bond acceptors (Lipinski definition) is 6. The normalized spacial score (nSPS) is 19.2. The van der Waals surface area contributed by atoms with E-state index in [2.05, 4.69) is 21.4 Å². The molecule has 0 amide bonds. The van der Waals surface area contributed by atoms with E-state index >= 15 is 0 Å². The van der Waals surface area contributed by atoms with Crippen LogP contribution in [-0.2, 0) is 6.54 Å². The molecule has 6 nitrogen and oxygen atoms in total. The quantitative estimate of drug-likeness (QED) is 0.509. The summed E-state index contributed by atoms with van der Waals surface area (Å²) in [6.07, 6.45) is 5.25. The van der Waals surface area contributed by atoms with Gasteiger partial charge in [0.2, 0.25) is 0 Å². The number of aliphatic hydroxyl groups is 1. The van der Waals surface area contributed by atoms with Gasteiger partial charge in [-0.25, -0.2) is 14.4 Å². The molecule has 2 unspecified atom stereocenters. The molecule has 2 aromatic heterocycles. The first-order chi connectivity index (χ1) is 14.6. The van der Waals surface area contributed by atoms with Crippen LogP contribution in [0.5, 0.6) is 0 Å². The van der Waals surface area contributed by atoms with Gasteiger partial charge in [0.05, 0.1) is 45.8 Å². The van der Waals surface area contributed by atoms with Crippen LogP contribution < -0.4 is 5.32 Å². The first-order valence-electron chi connectivity index (χ1n) is 9.99. The van der Waals surface area contributed by atoms with Crippen LogP contribution in [-0.4, -0.2) is 31.8 Å². The predicted octanol–water partition coefficient (Wildman–Crippen LogP) is 4.42.